The van der Waals surface area contributed by atoms with Crippen molar-refractivity contribution in [2.45, 2.75) is 52.9 Å². The third-order valence-corrected chi connectivity index (χ3v) is 5.25. The van der Waals surface area contributed by atoms with Crippen LogP contribution in [0.4, 0.5) is 0 Å². The lowest BCUT2D eigenvalue weighted by Crippen LogP contribution is -2.43. The lowest BCUT2D eigenvalue weighted by Gasteiger charge is -2.39. The average molecular weight is 252 g/mol. The molecule has 0 aromatic heterocycles. The zero-order valence-corrected chi connectivity index (χ0v) is 12.7. The fourth-order valence-electron chi connectivity index (χ4n) is 4.01. The Kier molecular flexibility index (Phi) is 5.08. The predicted molar refractivity (Wildman–Crippen MR) is 78.8 cm³/mol. The second kappa shape index (κ2) is 6.38. The van der Waals surface area contributed by atoms with Crippen LogP contribution in [0.1, 0.15) is 52.9 Å². The molecule has 0 bridgehead atoms. The molecule has 2 aliphatic heterocycles. The average Bonchev–Trinajstić information content (AvgIpc) is 2.79. The largest absolute Gasteiger partial charge is 0.316 e. The van der Waals surface area contributed by atoms with Gasteiger partial charge in [-0.25, -0.2) is 0 Å². The summed E-state index contributed by atoms with van der Waals surface area (Å²) in [5.74, 6) is 1.86. The Labute approximate surface area is 114 Å². The van der Waals surface area contributed by atoms with Crippen LogP contribution in [0.2, 0.25) is 0 Å². The van der Waals surface area contributed by atoms with Crippen LogP contribution in [0, 0.1) is 17.3 Å². The molecule has 0 amide bonds. The number of likely N-dealkylation sites (tertiary alicyclic amines) is 1. The number of piperidine rings is 1. The normalized spacial score (nSPS) is 31.3. The van der Waals surface area contributed by atoms with Crippen LogP contribution in [0.5, 0.6) is 0 Å². The smallest absolute Gasteiger partial charge is 0.00506 e. The lowest BCUT2D eigenvalue weighted by molar-refractivity contribution is 0.100. The monoisotopic (exact) mass is 252 g/mol. The van der Waals surface area contributed by atoms with E-state index in [2.05, 4.69) is 31.0 Å². The van der Waals surface area contributed by atoms with E-state index in [1.807, 2.05) is 0 Å². The van der Waals surface area contributed by atoms with Crippen LogP contribution in [-0.4, -0.2) is 37.6 Å². The highest BCUT2D eigenvalue weighted by Gasteiger charge is 2.35. The van der Waals surface area contributed by atoms with Crippen molar-refractivity contribution >= 4 is 0 Å². The van der Waals surface area contributed by atoms with Crippen LogP contribution in [0.3, 0.4) is 0 Å². The molecule has 0 radical (unpaired) electrons. The van der Waals surface area contributed by atoms with E-state index in [1.54, 1.807) is 0 Å². The van der Waals surface area contributed by atoms with Gasteiger partial charge in [0.15, 0.2) is 0 Å². The van der Waals surface area contributed by atoms with E-state index in [1.165, 1.54) is 64.8 Å². The molecule has 2 heterocycles. The van der Waals surface area contributed by atoms with Gasteiger partial charge in [-0.3, -0.25) is 0 Å². The summed E-state index contributed by atoms with van der Waals surface area (Å²) < 4.78 is 0. The first-order valence-electron chi connectivity index (χ1n) is 8.08. The highest BCUT2D eigenvalue weighted by Crippen LogP contribution is 2.34. The van der Waals surface area contributed by atoms with Gasteiger partial charge < -0.3 is 10.2 Å². The molecule has 0 spiro atoms. The van der Waals surface area contributed by atoms with Gasteiger partial charge in [0.2, 0.25) is 0 Å². The topological polar surface area (TPSA) is 15.3 Å². The number of hydrogen-bond donors (Lipinski definition) is 1. The maximum Gasteiger partial charge on any atom is 0.00506 e. The fraction of sp³-hybridized carbons (Fsp3) is 1.00. The summed E-state index contributed by atoms with van der Waals surface area (Å²) in [6.07, 6.45) is 6.99. The number of rotatable bonds is 5. The molecule has 2 heteroatoms. The zero-order chi connectivity index (χ0) is 13.0. The van der Waals surface area contributed by atoms with Crippen molar-refractivity contribution in [3.8, 4) is 0 Å². The molecule has 1 atom stereocenters. The Hall–Kier alpha value is -0.0800. The van der Waals surface area contributed by atoms with Crippen LogP contribution < -0.4 is 5.32 Å². The summed E-state index contributed by atoms with van der Waals surface area (Å²) in [4.78, 5) is 2.75. The number of nitrogens with zero attached hydrogens (tertiary/aromatic N) is 1. The molecule has 0 aromatic carbocycles. The van der Waals surface area contributed by atoms with E-state index in [0.29, 0.717) is 5.41 Å². The molecule has 0 saturated carbocycles. The van der Waals surface area contributed by atoms with Gasteiger partial charge in [0.05, 0.1) is 0 Å². The van der Waals surface area contributed by atoms with E-state index in [-0.39, 0.29) is 0 Å². The van der Waals surface area contributed by atoms with Crippen molar-refractivity contribution in [3.05, 3.63) is 0 Å². The molecule has 2 nitrogen and oxygen atoms in total. The predicted octanol–water partition coefficient (Wildman–Crippen LogP) is 3.13. The van der Waals surface area contributed by atoms with Crippen molar-refractivity contribution in [1.29, 1.82) is 0 Å². The van der Waals surface area contributed by atoms with Crippen molar-refractivity contribution in [2.75, 3.05) is 32.7 Å². The van der Waals surface area contributed by atoms with Gasteiger partial charge in [0.25, 0.3) is 0 Å². The summed E-state index contributed by atoms with van der Waals surface area (Å²) in [5, 5.41) is 3.59. The standard InChI is InChI=1S/C16H32N2/c1-4-7-16(8-9-17-12-16)13-18-10-5-15(6-11-18)14(2)3/h14-15,17H,4-13H2,1-3H3. The second-order valence-electron chi connectivity index (χ2n) is 7.03. The molecule has 18 heavy (non-hydrogen) atoms. The highest BCUT2D eigenvalue weighted by molar-refractivity contribution is 4.91. The minimum atomic E-state index is 0.597. The molecule has 0 aromatic rings. The number of hydrogen-bond acceptors (Lipinski definition) is 2. The minimum absolute atomic E-state index is 0.597. The van der Waals surface area contributed by atoms with Crippen molar-refractivity contribution in [1.82, 2.24) is 10.2 Å². The minimum Gasteiger partial charge on any atom is -0.316 e. The third kappa shape index (κ3) is 3.48. The van der Waals surface area contributed by atoms with E-state index < -0.39 is 0 Å². The van der Waals surface area contributed by atoms with E-state index >= 15 is 0 Å². The van der Waals surface area contributed by atoms with Gasteiger partial charge in [-0.15, -0.1) is 0 Å². The van der Waals surface area contributed by atoms with Crippen LogP contribution >= 0.6 is 0 Å². The van der Waals surface area contributed by atoms with Crippen LogP contribution in [0.15, 0.2) is 0 Å². The van der Waals surface area contributed by atoms with Crippen molar-refractivity contribution in [3.63, 3.8) is 0 Å². The van der Waals surface area contributed by atoms with Crippen LogP contribution in [0.25, 0.3) is 0 Å². The van der Waals surface area contributed by atoms with Gasteiger partial charge >= 0.3 is 0 Å². The summed E-state index contributed by atoms with van der Waals surface area (Å²) >= 11 is 0. The molecule has 1 N–H and O–H groups in total. The first-order chi connectivity index (χ1) is 8.65. The summed E-state index contributed by atoms with van der Waals surface area (Å²) in [6, 6.07) is 0. The molecule has 2 saturated heterocycles. The van der Waals surface area contributed by atoms with Crippen molar-refractivity contribution < 1.29 is 0 Å². The van der Waals surface area contributed by atoms with Crippen LogP contribution in [-0.2, 0) is 0 Å². The lowest BCUT2D eigenvalue weighted by atomic mass is 9.80. The summed E-state index contributed by atoms with van der Waals surface area (Å²) in [5.41, 5.74) is 0.597. The van der Waals surface area contributed by atoms with E-state index in [4.69, 9.17) is 0 Å². The molecular weight excluding hydrogens is 220 g/mol. The summed E-state index contributed by atoms with van der Waals surface area (Å²) in [7, 11) is 0. The van der Waals surface area contributed by atoms with Gasteiger partial charge in [0.1, 0.15) is 0 Å². The maximum atomic E-state index is 3.59. The van der Waals surface area contributed by atoms with E-state index in [0.717, 1.165) is 11.8 Å². The van der Waals surface area contributed by atoms with Gasteiger partial charge in [-0.2, -0.15) is 0 Å². The first kappa shape index (κ1) is 14.3. The molecule has 2 aliphatic rings. The quantitative estimate of drug-likeness (QED) is 0.808. The molecule has 1 unspecified atom stereocenters. The van der Waals surface area contributed by atoms with Gasteiger partial charge in [-0.1, -0.05) is 27.2 Å². The Morgan fingerprint density at radius 2 is 2.00 bits per heavy atom. The second-order valence-corrected chi connectivity index (χ2v) is 7.03. The molecule has 106 valence electrons. The van der Waals surface area contributed by atoms with E-state index in [9.17, 15) is 0 Å². The third-order valence-electron chi connectivity index (χ3n) is 5.25. The molecule has 2 rings (SSSR count). The van der Waals surface area contributed by atoms with Gasteiger partial charge in [-0.05, 0) is 62.6 Å². The Bertz CT molecular complexity index is 235. The highest BCUT2D eigenvalue weighted by atomic mass is 15.1. The molecular formula is C16H32N2. The summed E-state index contributed by atoms with van der Waals surface area (Å²) in [6.45, 7) is 13.6. The fourth-order valence-corrected chi connectivity index (χ4v) is 4.01. The molecule has 0 aliphatic carbocycles. The van der Waals surface area contributed by atoms with Gasteiger partial charge in [0, 0.05) is 13.1 Å². The Balaban J connectivity index is 1.82. The number of nitrogens with one attached hydrogen (secondary N) is 1. The Morgan fingerprint density at radius 3 is 2.50 bits per heavy atom. The SMILES string of the molecule is CCCC1(CN2CCC(C(C)C)CC2)CCNC1. The first-order valence-corrected chi connectivity index (χ1v) is 8.08. The maximum absolute atomic E-state index is 3.59. The zero-order valence-electron chi connectivity index (χ0n) is 12.7. The Morgan fingerprint density at radius 1 is 1.28 bits per heavy atom. The van der Waals surface area contributed by atoms with Crippen molar-refractivity contribution in [2.24, 2.45) is 17.3 Å². The molecule has 2 fully saturated rings.